The fraction of sp³-hybridized carbons (Fsp3) is 0.318. The summed E-state index contributed by atoms with van der Waals surface area (Å²) >= 11 is 0. The van der Waals surface area contributed by atoms with Crippen LogP contribution in [0, 0.1) is 16.7 Å². The van der Waals surface area contributed by atoms with Gasteiger partial charge in [0, 0.05) is 6.54 Å². The van der Waals surface area contributed by atoms with Crippen molar-refractivity contribution < 1.29 is 14.3 Å². The van der Waals surface area contributed by atoms with Crippen molar-refractivity contribution in [1.29, 1.82) is 5.26 Å². The van der Waals surface area contributed by atoms with Crippen LogP contribution in [0.1, 0.15) is 18.4 Å². The Morgan fingerprint density at radius 1 is 1.14 bits per heavy atom. The minimum Gasteiger partial charge on any atom is -0.477 e. The van der Waals surface area contributed by atoms with Crippen molar-refractivity contribution in [2.75, 3.05) is 18.0 Å². The normalized spacial score (nSPS) is 19.0. The van der Waals surface area contributed by atoms with E-state index in [1.54, 1.807) is 18.2 Å². The topological polar surface area (TPSA) is 82.4 Å². The van der Waals surface area contributed by atoms with Crippen LogP contribution in [0.15, 0.2) is 54.6 Å². The van der Waals surface area contributed by atoms with Crippen LogP contribution in [0.5, 0.6) is 5.75 Å². The number of carbonyl (C=O) groups excluding carboxylic acids is 2. The highest BCUT2D eigenvalue weighted by Gasteiger charge is 2.54. The smallest absolute Gasteiger partial charge is 0.262 e. The van der Waals surface area contributed by atoms with Gasteiger partial charge in [0.05, 0.1) is 18.3 Å². The van der Waals surface area contributed by atoms with E-state index in [1.165, 1.54) is 4.90 Å². The quantitative estimate of drug-likeness (QED) is 0.870. The number of nitrogens with zero attached hydrogens (tertiary/aromatic N) is 2. The lowest BCUT2D eigenvalue weighted by molar-refractivity contribution is -0.128. The minimum absolute atomic E-state index is 0.108. The number of benzene rings is 2. The Balaban J connectivity index is 1.46. The minimum atomic E-state index is -0.946. The number of amides is 2. The molecule has 0 aromatic heterocycles. The summed E-state index contributed by atoms with van der Waals surface area (Å²) in [7, 11) is 0. The molecule has 0 radical (unpaired) electrons. The number of nitriles is 1. The van der Waals surface area contributed by atoms with Crippen LogP contribution in [0.25, 0.3) is 0 Å². The zero-order chi connectivity index (χ0) is 19.6. The number of rotatable bonds is 5. The van der Waals surface area contributed by atoms with Gasteiger partial charge in [0.25, 0.3) is 5.91 Å². The van der Waals surface area contributed by atoms with E-state index in [-0.39, 0.29) is 18.4 Å². The van der Waals surface area contributed by atoms with Crippen molar-refractivity contribution in [3.8, 4) is 11.8 Å². The maximum atomic E-state index is 13.0. The molecule has 28 heavy (non-hydrogen) atoms. The number of hydrogen-bond donors (Lipinski definition) is 1. The Labute approximate surface area is 163 Å². The van der Waals surface area contributed by atoms with E-state index >= 15 is 0 Å². The SMILES string of the molecule is N#CC1(C(=O)N2C[C@H](C(=O)NCCc3ccccc3)Oc3ccccc32)CC1. The van der Waals surface area contributed by atoms with E-state index in [4.69, 9.17) is 4.74 Å². The van der Waals surface area contributed by atoms with Crippen molar-refractivity contribution in [1.82, 2.24) is 5.32 Å². The standard InChI is InChI=1S/C22H21N3O3/c23-15-22(11-12-22)21(27)25-14-19(28-18-9-5-4-8-17(18)25)20(26)24-13-10-16-6-2-1-3-7-16/h1-9,19H,10-14H2,(H,24,26)/t19-/m1/s1. The molecule has 2 amide bonds. The summed E-state index contributed by atoms with van der Waals surface area (Å²) in [5.74, 6) is -0.0167. The average molecular weight is 375 g/mol. The van der Waals surface area contributed by atoms with Gasteiger partial charge in [-0.05, 0) is 37.0 Å². The third-order valence-corrected chi connectivity index (χ3v) is 5.24. The van der Waals surface area contributed by atoms with Crippen molar-refractivity contribution in [2.45, 2.75) is 25.4 Å². The lowest BCUT2D eigenvalue weighted by atomic mass is 10.0. The van der Waals surface area contributed by atoms with Crippen molar-refractivity contribution in [2.24, 2.45) is 5.41 Å². The van der Waals surface area contributed by atoms with Crippen LogP contribution in [0.4, 0.5) is 5.69 Å². The summed E-state index contributed by atoms with van der Waals surface area (Å²) < 4.78 is 5.85. The molecule has 2 aromatic carbocycles. The van der Waals surface area contributed by atoms with Crippen LogP contribution in [0.2, 0.25) is 0 Å². The highest BCUT2D eigenvalue weighted by molar-refractivity contribution is 6.03. The molecule has 0 bridgehead atoms. The first-order valence-corrected chi connectivity index (χ1v) is 9.43. The second kappa shape index (κ2) is 7.35. The summed E-state index contributed by atoms with van der Waals surface area (Å²) in [5.41, 5.74) is 0.806. The molecule has 1 fully saturated rings. The number of para-hydroxylation sites is 2. The summed E-state index contributed by atoms with van der Waals surface area (Å²) in [6, 6.07) is 19.2. The largest absolute Gasteiger partial charge is 0.477 e. The monoisotopic (exact) mass is 375 g/mol. The molecule has 4 rings (SSSR count). The molecule has 6 heteroatoms. The van der Waals surface area contributed by atoms with Gasteiger partial charge in [0.15, 0.2) is 6.10 Å². The molecule has 142 valence electrons. The van der Waals surface area contributed by atoms with E-state index < -0.39 is 11.5 Å². The average Bonchev–Trinajstić information content (AvgIpc) is 3.54. The first kappa shape index (κ1) is 18.1. The first-order valence-electron chi connectivity index (χ1n) is 9.43. The number of fused-ring (bicyclic) bond motifs is 1. The Bertz CT molecular complexity index is 932. The fourth-order valence-corrected chi connectivity index (χ4v) is 3.41. The molecule has 2 aromatic rings. The summed E-state index contributed by atoms with van der Waals surface area (Å²) in [5, 5.41) is 12.3. The molecule has 1 saturated carbocycles. The van der Waals surface area contributed by atoms with E-state index in [0.29, 0.717) is 30.8 Å². The molecule has 1 aliphatic carbocycles. The third kappa shape index (κ3) is 3.44. The van der Waals surface area contributed by atoms with Gasteiger partial charge < -0.3 is 15.0 Å². The van der Waals surface area contributed by atoms with E-state index in [2.05, 4.69) is 11.4 Å². The van der Waals surface area contributed by atoms with Gasteiger partial charge in [0.2, 0.25) is 5.91 Å². The molecule has 1 N–H and O–H groups in total. The van der Waals surface area contributed by atoms with Gasteiger partial charge in [-0.3, -0.25) is 9.59 Å². The van der Waals surface area contributed by atoms with Crippen LogP contribution in [-0.2, 0) is 16.0 Å². The van der Waals surface area contributed by atoms with Crippen molar-refractivity contribution in [3.05, 3.63) is 60.2 Å². The second-order valence-electron chi connectivity index (χ2n) is 7.21. The zero-order valence-corrected chi connectivity index (χ0v) is 15.4. The zero-order valence-electron chi connectivity index (χ0n) is 15.4. The molecule has 0 spiro atoms. The van der Waals surface area contributed by atoms with Gasteiger partial charge in [-0.2, -0.15) is 5.26 Å². The molecule has 2 aliphatic rings. The molecule has 1 atom stereocenters. The molecule has 1 heterocycles. The predicted molar refractivity (Wildman–Crippen MR) is 104 cm³/mol. The van der Waals surface area contributed by atoms with Crippen molar-refractivity contribution in [3.63, 3.8) is 0 Å². The van der Waals surface area contributed by atoms with Crippen LogP contribution in [0.3, 0.4) is 0 Å². The molecular formula is C22H21N3O3. The Morgan fingerprint density at radius 2 is 1.86 bits per heavy atom. The molecule has 0 saturated heterocycles. The highest BCUT2D eigenvalue weighted by atomic mass is 16.5. The van der Waals surface area contributed by atoms with Gasteiger partial charge in [-0.1, -0.05) is 42.5 Å². The van der Waals surface area contributed by atoms with Gasteiger partial charge in [-0.15, -0.1) is 0 Å². The Kier molecular flexibility index (Phi) is 4.74. The number of ether oxygens (including phenoxy) is 1. The summed E-state index contributed by atoms with van der Waals surface area (Å²) in [6.45, 7) is 0.594. The summed E-state index contributed by atoms with van der Waals surface area (Å²) in [6.07, 6.45) is 1.05. The maximum Gasteiger partial charge on any atom is 0.262 e. The van der Waals surface area contributed by atoms with E-state index in [9.17, 15) is 14.9 Å². The fourth-order valence-electron chi connectivity index (χ4n) is 3.41. The Hall–Kier alpha value is -3.33. The summed E-state index contributed by atoms with van der Waals surface area (Å²) in [4.78, 5) is 27.2. The molecule has 0 unspecified atom stereocenters. The van der Waals surface area contributed by atoms with Crippen LogP contribution >= 0.6 is 0 Å². The number of nitrogens with one attached hydrogen (secondary N) is 1. The predicted octanol–water partition coefficient (Wildman–Crippen LogP) is 2.44. The van der Waals surface area contributed by atoms with Crippen molar-refractivity contribution >= 4 is 17.5 Å². The van der Waals surface area contributed by atoms with Gasteiger partial charge in [-0.25, -0.2) is 0 Å². The van der Waals surface area contributed by atoms with E-state index in [0.717, 1.165) is 12.0 Å². The van der Waals surface area contributed by atoms with Gasteiger partial charge in [0.1, 0.15) is 11.2 Å². The maximum absolute atomic E-state index is 13.0. The van der Waals surface area contributed by atoms with Gasteiger partial charge >= 0.3 is 0 Å². The highest BCUT2D eigenvalue weighted by Crippen LogP contribution is 2.48. The first-order chi connectivity index (χ1) is 13.6. The van der Waals surface area contributed by atoms with E-state index in [1.807, 2.05) is 36.4 Å². The number of hydrogen-bond acceptors (Lipinski definition) is 4. The second-order valence-corrected chi connectivity index (χ2v) is 7.21. The lowest BCUT2D eigenvalue weighted by Crippen LogP contribution is -2.52. The number of anilines is 1. The van der Waals surface area contributed by atoms with Crippen LogP contribution in [-0.4, -0.2) is 31.0 Å². The molecule has 6 nitrogen and oxygen atoms in total. The van der Waals surface area contributed by atoms with Crippen LogP contribution < -0.4 is 15.0 Å². The lowest BCUT2D eigenvalue weighted by Gasteiger charge is -2.35. The Morgan fingerprint density at radius 3 is 2.57 bits per heavy atom. The third-order valence-electron chi connectivity index (χ3n) is 5.24. The number of carbonyl (C=O) groups is 2. The molecular weight excluding hydrogens is 354 g/mol. The molecule has 1 aliphatic heterocycles.